The van der Waals surface area contributed by atoms with E-state index in [9.17, 15) is 13.2 Å². The van der Waals surface area contributed by atoms with Crippen LogP contribution in [0.5, 0.6) is 5.75 Å². The zero-order valence-corrected chi connectivity index (χ0v) is 16.5. The van der Waals surface area contributed by atoms with Crippen molar-refractivity contribution in [1.29, 1.82) is 0 Å². The van der Waals surface area contributed by atoms with E-state index in [0.29, 0.717) is 18.5 Å². The standard InChI is InChI=1S/C20H29F3N4O/c1-15(2)14-27-11-8-16(9-12-27)26-19(24-3)25-10-13-28-18-7-5-4-6-17(18)20(21,22)23/h4-7,16H,1,8-14H2,2-3H3,(H2,24,25,26). The van der Waals surface area contributed by atoms with Crippen LogP contribution in [0.2, 0.25) is 0 Å². The van der Waals surface area contributed by atoms with Crippen molar-refractivity contribution in [2.75, 3.05) is 39.8 Å². The minimum atomic E-state index is -4.43. The van der Waals surface area contributed by atoms with E-state index in [-0.39, 0.29) is 12.4 Å². The topological polar surface area (TPSA) is 48.9 Å². The fourth-order valence-electron chi connectivity index (χ4n) is 3.16. The number of rotatable bonds is 7. The summed E-state index contributed by atoms with van der Waals surface area (Å²) in [4.78, 5) is 6.56. The van der Waals surface area contributed by atoms with E-state index in [4.69, 9.17) is 4.74 Å². The van der Waals surface area contributed by atoms with E-state index in [1.807, 2.05) is 6.92 Å². The second-order valence-corrected chi connectivity index (χ2v) is 6.99. The molecule has 0 atom stereocenters. The van der Waals surface area contributed by atoms with Crippen LogP contribution >= 0.6 is 0 Å². The van der Waals surface area contributed by atoms with Crippen LogP contribution in [0.25, 0.3) is 0 Å². The lowest BCUT2D eigenvalue weighted by Crippen LogP contribution is -2.49. The van der Waals surface area contributed by atoms with Gasteiger partial charge < -0.3 is 15.4 Å². The Bertz CT molecular complexity index is 668. The normalized spacial score (nSPS) is 16.7. The summed E-state index contributed by atoms with van der Waals surface area (Å²) in [7, 11) is 1.67. The summed E-state index contributed by atoms with van der Waals surface area (Å²) >= 11 is 0. The Kier molecular flexibility index (Phi) is 8.17. The summed E-state index contributed by atoms with van der Waals surface area (Å²) in [5, 5.41) is 6.46. The number of aliphatic imine (C=N–C) groups is 1. The second kappa shape index (κ2) is 10.4. The van der Waals surface area contributed by atoms with Gasteiger partial charge in [0, 0.05) is 32.7 Å². The molecule has 1 aliphatic rings. The van der Waals surface area contributed by atoms with Crippen molar-refractivity contribution < 1.29 is 17.9 Å². The maximum absolute atomic E-state index is 13.0. The second-order valence-electron chi connectivity index (χ2n) is 6.99. The first-order chi connectivity index (χ1) is 13.3. The minimum Gasteiger partial charge on any atom is -0.491 e. The van der Waals surface area contributed by atoms with Gasteiger partial charge in [0.25, 0.3) is 0 Å². The van der Waals surface area contributed by atoms with Crippen LogP contribution in [-0.2, 0) is 6.18 Å². The lowest BCUT2D eigenvalue weighted by Gasteiger charge is -2.33. The Labute approximate surface area is 164 Å². The molecule has 0 unspecified atom stereocenters. The van der Waals surface area contributed by atoms with Gasteiger partial charge in [-0.3, -0.25) is 9.89 Å². The van der Waals surface area contributed by atoms with Crippen molar-refractivity contribution in [2.24, 2.45) is 4.99 Å². The van der Waals surface area contributed by atoms with Gasteiger partial charge in [-0.25, -0.2) is 0 Å². The van der Waals surface area contributed by atoms with Crippen molar-refractivity contribution in [2.45, 2.75) is 32.0 Å². The third-order valence-corrected chi connectivity index (χ3v) is 4.49. The Morgan fingerprint density at radius 2 is 1.96 bits per heavy atom. The predicted molar refractivity (Wildman–Crippen MR) is 106 cm³/mol. The van der Waals surface area contributed by atoms with Gasteiger partial charge >= 0.3 is 6.18 Å². The van der Waals surface area contributed by atoms with Gasteiger partial charge in [0.15, 0.2) is 5.96 Å². The van der Waals surface area contributed by atoms with Gasteiger partial charge in [-0.2, -0.15) is 13.2 Å². The monoisotopic (exact) mass is 398 g/mol. The molecular formula is C20H29F3N4O. The molecule has 0 spiro atoms. The fraction of sp³-hybridized carbons (Fsp3) is 0.550. The molecule has 0 radical (unpaired) electrons. The number of nitrogens with one attached hydrogen (secondary N) is 2. The summed E-state index contributed by atoms with van der Waals surface area (Å²) in [5.74, 6) is 0.468. The third kappa shape index (κ3) is 7.07. The maximum Gasteiger partial charge on any atom is 0.419 e. The first kappa shape index (κ1) is 22.1. The number of ether oxygens (including phenoxy) is 1. The lowest BCUT2D eigenvalue weighted by atomic mass is 10.0. The van der Waals surface area contributed by atoms with Gasteiger partial charge in [-0.1, -0.05) is 24.3 Å². The number of alkyl halides is 3. The van der Waals surface area contributed by atoms with E-state index < -0.39 is 11.7 Å². The van der Waals surface area contributed by atoms with Crippen molar-refractivity contribution >= 4 is 5.96 Å². The molecule has 0 aliphatic carbocycles. The van der Waals surface area contributed by atoms with Gasteiger partial charge in [0.05, 0.1) is 12.1 Å². The van der Waals surface area contributed by atoms with Crippen LogP contribution in [0.4, 0.5) is 13.2 Å². The average Bonchev–Trinajstić information content (AvgIpc) is 2.64. The predicted octanol–water partition coefficient (Wildman–Crippen LogP) is 3.29. The quantitative estimate of drug-likeness (QED) is 0.320. The molecule has 1 fully saturated rings. The van der Waals surface area contributed by atoms with Crippen molar-refractivity contribution in [1.82, 2.24) is 15.5 Å². The number of hydrogen-bond acceptors (Lipinski definition) is 3. The summed E-state index contributed by atoms with van der Waals surface area (Å²) in [6, 6.07) is 5.54. The maximum atomic E-state index is 13.0. The molecule has 0 saturated carbocycles. The van der Waals surface area contributed by atoms with Crippen LogP contribution in [0.15, 0.2) is 41.4 Å². The highest BCUT2D eigenvalue weighted by molar-refractivity contribution is 5.79. The summed E-state index contributed by atoms with van der Waals surface area (Å²) in [6.45, 7) is 9.36. The molecule has 2 N–H and O–H groups in total. The van der Waals surface area contributed by atoms with E-state index >= 15 is 0 Å². The number of piperidine rings is 1. The Hall–Kier alpha value is -2.22. The van der Waals surface area contributed by atoms with Crippen LogP contribution < -0.4 is 15.4 Å². The van der Waals surface area contributed by atoms with Crippen LogP contribution in [0.1, 0.15) is 25.3 Å². The Balaban J connectivity index is 1.73. The molecule has 8 heteroatoms. The molecule has 1 heterocycles. The molecule has 156 valence electrons. The number of nitrogens with zero attached hydrogens (tertiary/aromatic N) is 2. The zero-order chi connectivity index (χ0) is 20.6. The number of halogens is 3. The summed E-state index contributed by atoms with van der Waals surface area (Å²) < 4.78 is 44.2. The number of para-hydroxylation sites is 1. The molecule has 5 nitrogen and oxygen atoms in total. The first-order valence-corrected chi connectivity index (χ1v) is 9.42. The Morgan fingerprint density at radius 3 is 2.57 bits per heavy atom. The SMILES string of the molecule is C=C(C)CN1CCC(NC(=NC)NCCOc2ccccc2C(F)(F)F)CC1. The molecule has 0 bridgehead atoms. The van der Waals surface area contributed by atoms with E-state index in [1.54, 1.807) is 7.05 Å². The number of guanidine groups is 1. The molecule has 2 rings (SSSR count). The molecule has 0 amide bonds. The molecule has 1 aliphatic heterocycles. The number of benzene rings is 1. The van der Waals surface area contributed by atoms with Gasteiger partial charge in [-0.05, 0) is 31.9 Å². The molecular weight excluding hydrogens is 369 g/mol. The van der Waals surface area contributed by atoms with Crippen LogP contribution in [0, 0.1) is 0 Å². The molecule has 0 aromatic heterocycles. The van der Waals surface area contributed by atoms with Crippen LogP contribution in [-0.4, -0.2) is 56.7 Å². The fourth-order valence-corrected chi connectivity index (χ4v) is 3.16. The van der Waals surface area contributed by atoms with Gasteiger partial charge in [-0.15, -0.1) is 0 Å². The van der Waals surface area contributed by atoms with Crippen molar-refractivity contribution in [3.05, 3.63) is 42.0 Å². The minimum absolute atomic E-state index is 0.102. The Morgan fingerprint density at radius 1 is 1.29 bits per heavy atom. The summed E-state index contributed by atoms with van der Waals surface area (Å²) in [6.07, 6.45) is -2.42. The smallest absolute Gasteiger partial charge is 0.419 e. The largest absolute Gasteiger partial charge is 0.491 e. The molecule has 1 aromatic carbocycles. The first-order valence-electron chi connectivity index (χ1n) is 9.42. The highest BCUT2D eigenvalue weighted by Gasteiger charge is 2.33. The van der Waals surface area contributed by atoms with Crippen LogP contribution in [0.3, 0.4) is 0 Å². The zero-order valence-electron chi connectivity index (χ0n) is 16.5. The van der Waals surface area contributed by atoms with Gasteiger partial charge in [0.2, 0.25) is 0 Å². The molecule has 28 heavy (non-hydrogen) atoms. The average molecular weight is 398 g/mol. The van der Waals surface area contributed by atoms with Crippen molar-refractivity contribution in [3.63, 3.8) is 0 Å². The summed E-state index contributed by atoms with van der Waals surface area (Å²) in [5.41, 5.74) is 0.398. The highest BCUT2D eigenvalue weighted by Crippen LogP contribution is 2.35. The number of likely N-dealkylation sites (tertiary alicyclic amines) is 1. The van der Waals surface area contributed by atoms with Crippen molar-refractivity contribution in [3.8, 4) is 5.75 Å². The van der Waals surface area contributed by atoms with Gasteiger partial charge in [0.1, 0.15) is 12.4 Å². The lowest BCUT2D eigenvalue weighted by molar-refractivity contribution is -0.138. The molecule has 1 aromatic rings. The van der Waals surface area contributed by atoms with E-state index in [1.165, 1.54) is 18.2 Å². The number of hydrogen-bond donors (Lipinski definition) is 2. The van der Waals surface area contributed by atoms with E-state index in [0.717, 1.165) is 44.1 Å². The highest BCUT2D eigenvalue weighted by atomic mass is 19.4. The molecule has 1 saturated heterocycles. The van der Waals surface area contributed by atoms with E-state index in [2.05, 4.69) is 27.1 Å². The third-order valence-electron chi connectivity index (χ3n) is 4.49.